The first-order chi connectivity index (χ1) is 6.97. The molecule has 0 amide bonds. The minimum atomic E-state index is -3.00. The Morgan fingerprint density at radius 1 is 1.60 bits per heavy atom. The maximum absolute atomic E-state index is 12.5. The second kappa shape index (κ2) is 4.16. The summed E-state index contributed by atoms with van der Waals surface area (Å²) in [5, 5.41) is 10.5. The maximum Gasteiger partial charge on any atom is 0.299 e. The van der Waals surface area contributed by atoms with Gasteiger partial charge in [-0.05, 0) is 6.92 Å². The molecule has 0 aliphatic rings. The van der Waals surface area contributed by atoms with Crippen LogP contribution in [0.1, 0.15) is 17.7 Å². The molecule has 15 heavy (non-hydrogen) atoms. The highest BCUT2D eigenvalue weighted by Crippen LogP contribution is 2.32. The van der Waals surface area contributed by atoms with Gasteiger partial charge in [-0.3, -0.25) is 10.1 Å². The van der Waals surface area contributed by atoms with Gasteiger partial charge in [-0.1, -0.05) is 0 Å². The molecule has 0 aliphatic heterocycles. The summed E-state index contributed by atoms with van der Waals surface area (Å²) in [6, 6.07) is 1.24. The predicted octanol–water partition coefficient (Wildman–Crippen LogP) is 2.24. The molecule has 7 heteroatoms. The summed E-state index contributed by atoms with van der Waals surface area (Å²) in [5.41, 5.74) is -1.43. The van der Waals surface area contributed by atoms with Crippen molar-refractivity contribution in [1.29, 1.82) is 0 Å². The van der Waals surface area contributed by atoms with Crippen LogP contribution in [-0.4, -0.2) is 17.0 Å². The minimum absolute atomic E-state index is 0.0617. The number of hydrogen-bond acceptors (Lipinski definition) is 4. The van der Waals surface area contributed by atoms with Gasteiger partial charge in [-0.25, -0.2) is 13.8 Å². The molecule has 82 valence electrons. The number of nitro groups is 1. The number of methoxy groups -OCH3 is 1. The first-order valence-electron chi connectivity index (χ1n) is 3.95. The Balaban J connectivity index is 3.42. The van der Waals surface area contributed by atoms with E-state index in [1.54, 1.807) is 0 Å². The Hall–Kier alpha value is -1.79. The molecule has 0 radical (unpaired) electrons. The number of pyridine rings is 1. The van der Waals surface area contributed by atoms with E-state index in [1.165, 1.54) is 20.1 Å². The van der Waals surface area contributed by atoms with E-state index < -0.39 is 22.7 Å². The zero-order valence-corrected chi connectivity index (χ0v) is 8.03. The fourth-order valence-electron chi connectivity index (χ4n) is 1.15. The number of aromatic nitrogens is 1. The van der Waals surface area contributed by atoms with Gasteiger partial charge in [-0.2, -0.15) is 0 Å². The molecule has 0 aromatic carbocycles. The van der Waals surface area contributed by atoms with Crippen molar-refractivity contribution in [2.75, 3.05) is 7.11 Å². The van der Waals surface area contributed by atoms with Gasteiger partial charge in [0.25, 0.3) is 12.1 Å². The number of halogens is 2. The Labute approximate surface area is 83.8 Å². The van der Waals surface area contributed by atoms with Crippen molar-refractivity contribution in [3.05, 3.63) is 27.4 Å². The third-order valence-corrected chi connectivity index (χ3v) is 1.79. The molecule has 0 saturated heterocycles. The van der Waals surface area contributed by atoms with E-state index in [0.717, 1.165) is 0 Å². The molecule has 0 aliphatic carbocycles. The Kier molecular flexibility index (Phi) is 3.13. The molecule has 0 saturated carbocycles. The number of nitrogens with zero attached hydrogens (tertiary/aromatic N) is 2. The predicted molar refractivity (Wildman–Crippen MR) is 47.1 cm³/mol. The number of ether oxygens (including phenoxy) is 1. The first-order valence-corrected chi connectivity index (χ1v) is 3.95. The van der Waals surface area contributed by atoms with Crippen molar-refractivity contribution in [1.82, 2.24) is 4.98 Å². The summed E-state index contributed by atoms with van der Waals surface area (Å²) in [6.45, 7) is 1.36. The van der Waals surface area contributed by atoms with Crippen LogP contribution in [0.25, 0.3) is 0 Å². The van der Waals surface area contributed by atoms with Crippen LogP contribution in [0.15, 0.2) is 6.07 Å². The molecule has 1 rings (SSSR count). The lowest BCUT2D eigenvalue weighted by atomic mass is 10.2. The molecule has 0 unspecified atom stereocenters. The Bertz CT molecular complexity index is 396. The maximum atomic E-state index is 12.5. The van der Waals surface area contributed by atoms with E-state index in [4.69, 9.17) is 0 Å². The van der Waals surface area contributed by atoms with E-state index in [0.29, 0.717) is 0 Å². The van der Waals surface area contributed by atoms with Gasteiger partial charge in [-0.15, -0.1) is 0 Å². The van der Waals surface area contributed by atoms with Gasteiger partial charge < -0.3 is 4.74 Å². The molecule has 1 aromatic heterocycles. The fraction of sp³-hybridized carbons (Fsp3) is 0.375. The average Bonchev–Trinajstić information content (AvgIpc) is 2.15. The summed E-state index contributed by atoms with van der Waals surface area (Å²) >= 11 is 0. The second-order valence-electron chi connectivity index (χ2n) is 2.77. The van der Waals surface area contributed by atoms with Crippen LogP contribution < -0.4 is 4.74 Å². The molecular weight excluding hydrogens is 210 g/mol. The molecular formula is C8H8F2N2O3. The molecule has 0 N–H and O–H groups in total. The molecule has 0 fully saturated rings. The molecule has 5 nitrogen and oxygen atoms in total. The van der Waals surface area contributed by atoms with Gasteiger partial charge >= 0.3 is 0 Å². The van der Waals surface area contributed by atoms with Crippen molar-refractivity contribution in [3.63, 3.8) is 0 Å². The summed E-state index contributed by atoms with van der Waals surface area (Å²) in [5.74, 6) is -0.0617. The van der Waals surface area contributed by atoms with Crippen LogP contribution in [0.3, 0.4) is 0 Å². The smallest absolute Gasteiger partial charge is 0.299 e. The van der Waals surface area contributed by atoms with Gasteiger partial charge in [0.15, 0.2) is 5.69 Å². The van der Waals surface area contributed by atoms with Crippen LogP contribution in [0.4, 0.5) is 14.5 Å². The zero-order chi connectivity index (χ0) is 11.6. The van der Waals surface area contributed by atoms with Crippen molar-refractivity contribution in [2.45, 2.75) is 13.3 Å². The van der Waals surface area contributed by atoms with Crippen molar-refractivity contribution in [2.24, 2.45) is 0 Å². The van der Waals surface area contributed by atoms with Gasteiger partial charge in [0.1, 0.15) is 0 Å². The van der Waals surface area contributed by atoms with Crippen LogP contribution in [0.5, 0.6) is 5.88 Å². The monoisotopic (exact) mass is 218 g/mol. The number of alkyl halides is 2. The van der Waals surface area contributed by atoms with E-state index in [-0.39, 0.29) is 11.4 Å². The summed E-state index contributed by atoms with van der Waals surface area (Å²) < 4.78 is 29.6. The lowest BCUT2D eigenvalue weighted by molar-refractivity contribution is -0.387. The number of rotatable bonds is 3. The summed E-state index contributed by atoms with van der Waals surface area (Å²) in [7, 11) is 1.25. The normalized spacial score (nSPS) is 10.5. The number of aryl methyl sites for hydroxylation is 1. The van der Waals surface area contributed by atoms with Crippen LogP contribution in [0.2, 0.25) is 0 Å². The fourth-order valence-corrected chi connectivity index (χ4v) is 1.15. The van der Waals surface area contributed by atoms with Crippen molar-refractivity contribution in [3.8, 4) is 5.88 Å². The number of hydrogen-bond donors (Lipinski definition) is 0. The Morgan fingerprint density at radius 2 is 2.20 bits per heavy atom. The lowest BCUT2D eigenvalue weighted by Crippen LogP contribution is -2.03. The zero-order valence-electron chi connectivity index (χ0n) is 8.03. The van der Waals surface area contributed by atoms with E-state index >= 15 is 0 Å². The lowest BCUT2D eigenvalue weighted by Gasteiger charge is -2.06. The average molecular weight is 218 g/mol. The topological polar surface area (TPSA) is 65.3 Å². The molecule has 0 atom stereocenters. The highest BCUT2D eigenvalue weighted by Gasteiger charge is 2.27. The van der Waals surface area contributed by atoms with E-state index in [2.05, 4.69) is 9.72 Å². The summed E-state index contributed by atoms with van der Waals surface area (Å²) in [6.07, 6.45) is -3.00. The third kappa shape index (κ3) is 2.17. The standard InChI is InChI=1S/C8H8F2N2O3/c1-4-3-5(15-2)11-6(8(9)10)7(4)12(13)14/h3,8H,1-2H3. The van der Waals surface area contributed by atoms with Crippen molar-refractivity contribution < 1.29 is 18.4 Å². The summed E-state index contributed by atoms with van der Waals surface area (Å²) in [4.78, 5) is 13.0. The third-order valence-electron chi connectivity index (χ3n) is 1.79. The quantitative estimate of drug-likeness (QED) is 0.576. The van der Waals surface area contributed by atoms with E-state index in [1.807, 2.05) is 0 Å². The SMILES string of the molecule is COc1cc(C)c([N+](=O)[O-])c(C(F)F)n1. The van der Waals surface area contributed by atoms with Crippen LogP contribution in [-0.2, 0) is 0 Å². The van der Waals surface area contributed by atoms with Crippen LogP contribution in [0, 0.1) is 17.0 Å². The second-order valence-corrected chi connectivity index (χ2v) is 2.77. The van der Waals surface area contributed by atoms with Gasteiger partial charge in [0.2, 0.25) is 5.88 Å². The minimum Gasteiger partial charge on any atom is -0.481 e. The molecule has 0 bridgehead atoms. The molecule has 0 spiro atoms. The van der Waals surface area contributed by atoms with Crippen LogP contribution >= 0.6 is 0 Å². The highest BCUT2D eigenvalue weighted by atomic mass is 19.3. The highest BCUT2D eigenvalue weighted by molar-refractivity contribution is 5.46. The van der Waals surface area contributed by atoms with Gasteiger partial charge in [0, 0.05) is 11.6 Å². The molecule has 1 heterocycles. The largest absolute Gasteiger partial charge is 0.481 e. The van der Waals surface area contributed by atoms with Gasteiger partial charge in [0.05, 0.1) is 12.0 Å². The first kappa shape index (κ1) is 11.3. The Morgan fingerprint density at radius 3 is 2.60 bits per heavy atom. The van der Waals surface area contributed by atoms with Crippen molar-refractivity contribution >= 4 is 5.69 Å². The molecule has 1 aromatic rings. The van der Waals surface area contributed by atoms with E-state index in [9.17, 15) is 18.9 Å².